The van der Waals surface area contributed by atoms with E-state index < -0.39 is 42.6 Å². The molecule has 2 aromatic carbocycles. The molecular weight excluding hydrogens is 424 g/mol. The van der Waals surface area contributed by atoms with Crippen molar-refractivity contribution >= 4 is 18.0 Å². The van der Waals surface area contributed by atoms with Gasteiger partial charge in [-0.1, -0.05) is 61.4 Å². The summed E-state index contributed by atoms with van der Waals surface area (Å²) >= 11 is 0. The van der Waals surface area contributed by atoms with Crippen molar-refractivity contribution < 1.29 is 29.3 Å². The SMILES string of the molecule is O=C(N[C@H]1CCCC[C@H]1C(=O)N[C@H](CO)C(=O)O)OCC1c2ccccc2-c2ccccc21. The summed E-state index contributed by atoms with van der Waals surface area (Å²) in [5, 5.41) is 23.4. The third-order valence-electron chi connectivity index (χ3n) is 6.55. The fraction of sp³-hybridized carbons (Fsp3) is 0.400. The lowest BCUT2D eigenvalue weighted by Gasteiger charge is -2.31. The second kappa shape index (κ2) is 10.0. The topological polar surface area (TPSA) is 125 Å². The predicted octanol–water partition coefficient (Wildman–Crippen LogP) is 2.65. The molecule has 2 aliphatic carbocycles. The molecule has 1 fully saturated rings. The first-order valence-corrected chi connectivity index (χ1v) is 11.2. The third kappa shape index (κ3) is 4.85. The minimum Gasteiger partial charge on any atom is -0.480 e. The van der Waals surface area contributed by atoms with Gasteiger partial charge in [0.15, 0.2) is 0 Å². The van der Waals surface area contributed by atoms with Crippen molar-refractivity contribution in [1.82, 2.24) is 10.6 Å². The average molecular weight is 453 g/mol. The van der Waals surface area contributed by atoms with Crippen LogP contribution in [-0.4, -0.2) is 53.5 Å². The normalized spacial score (nSPS) is 20.3. The summed E-state index contributed by atoms with van der Waals surface area (Å²) in [5.41, 5.74) is 4.52. The highest BCUT2D eigenvalue weighted by Gasteiger charge is 2.35. The van der Waals surface area contributed by atoms with Gasteiger partial charge in [-0.3, -0.25) is 4.79 Å². The molecule has 8 heteroatoms. The van der Waals surface area contributed by atoms with Gasteiger partial charge >= 0.3 is 12.1 Å². The maximum atomic E-state index is 12.6. The Morgan fingerprint density at radius 3 is 2.18 bits per heavy atom. The van der Waals surface area contributed by atoms with E-state index >= 15 is 0 Å². The zero-order chi connectivity index (χ0) is 23.4. The lowest BCUT2D eigenvalue weighted by molar-refractivity contribution is -0.144. The number of ether oxygens (including phenoxy) is 1. The highest BCUT2D eigenvalue weighted by atomic mass is 16.5. The Bertz CT molecular complexity index is 994. The molecule has 0 saturated heterocycles. The summed E-state index contributed by atoms with van der Waals surface area (Å²) < 4.78 is 5.60. The second-order valence-electron chi connectivity index (χ2n) is 8.55. The first-order valence-electron chi connectivity index (χ1n) is 11.2. The van der Waals surface area contributed by atoms with Crippen LogP contribution in [0.1, 0.15) is 42.7 Å². The molecule has 2 aromatic rings. The van der Waals surface area contributed by atoms with Crippen LogP contribution >= 0.6 is 0 Å². The molecular formula is C25H28N2O6. The molecule has 4 rings (SSSR count). The van der Waals surface area contributed by atoms with E-state index in [1.807, 2.05) is 36.4 Å². The fourth-order valence-corrected chi connectivity index (χ4v) is 4.87. The van der Waals surface area contributed by atoms with Crippen LogP contribution in [-0.2, 0) is 14.3 Å². The van der Waals surface area contributed by atoms with E-state index in [1.54, 1.807) is 0 Å². The highest BCUT2D eigenvalue weighted by Crippen LogP contribution is 2.44. The van der Waals surface area contributed by atoms with Gasteiger partial charge in [-0.15, -0.1) is 0 Å². The molecule has 174 valence electrons. The zero-order valence-corrected chi connectivity index (χ0v) is 18.2. The summed E-state index contributed by atoms with van der Waals surface area (Å²) in [6.07, 6.45) is 2.17. The van der Waals surface area contributed by atoms with Crippen LogP contribution in [0.4, 0.5) is 4.79 Å². The number of carboxylic acid groups (broad SMARTS) is 1. The number of hydrogen-bond acceptors (Lipinski definition) is 5. The highest BCUT2D eigenvalue weighted by molar-refractivity contribution is 5.86. The first-order chi connectivity index (χ1) is 16.0. The molecule has 0 aromatic heterocycles. The molecule has 2 aliphatic rings. The predicted molar refractivity (Wildman–Crippen MR) is 121 cm³/mol. The minimum absolute atomic E-state index is 0.0607. The Kier molecular flexibility index (Phi) is 6.93. The van der Waals surface area contributed by atoms with Crippen LogP contribution in [0.5, 0.6) is 0 Å². The van der Waals surface area contributed by atoms with E-state index in [2.05, 4.69) is 22.8 Å². The number of carbonyl (C=O) groups excluding carboxylic acids is 2. The summed E-state index contributed by atoms with van der Waals surface area (Å²) in [6, 6.07) is 14.3. The van der Waals surface area contributed by atoms with E-state index in [-0.39, 0.29) is 12.5 Å². The van der Waals surface area contributed by atoms with Crippen molar-refractivity contribution in [3.8, 4) is 11.1 Å². The van der Waals surface area contributed by atoms with Crippen LogP contribution in [0.15, 0.2) is 48.5 Å². The first kappa shape index (κ1) is 22.8. The Labute approximate surface area is 192 Å². The van der Waals surface area contributed by atoms with Gasteiger partial charge in [0.2, 0.25) is 5.91 Å². The number of aliphatic carboxylic acids is 1. The largest absolute Gasteiger partial charge is 0.480 e. The molecule has 0 bridgehead atoms. The Morgan fingerprint density at radius 1 is 0.970 bits per heavy atom. The van der Waals surface area contributed by atoms with Gasteiger partial charge in [0.25, 0.3) is 0 Å². The number of hydrogen-bond donors (Lipinski definition) is 4. The molecule has 33 heavy (non-hydrogen) atoms. The number of alkyl carbamates (subject to hydrolysis) is 1. The van der Waals surface area contributed by atoms with E-state index in [4.69, 9.17) is 9.84 Å². The van der Waals surface area contributed by atoms with Crippen molar-refractivity contribution in [3.63, 3.8) is 0 Å². The van der Waals surface area contributed by atoms with E-state index in [0.717, 1.165) is 35.1 Å². The average Bonchev–Trinajstić information content (AvgIpc) is 3.15. The molecule has 0 spiro atoms. The molecule has 3 atom stereocenters. The van der Waals surface area contributed by atoms with Crippen LogP contribution in [0.2, 0.25) is 0 Å². The number of carbonyl (C=O) groups is 3. The van der Waals surface area contributed by atoms with E-state index in [0.29, 0.717) is 12.8 Å². The number of benzene rings is 2. The molecule has 0 radical (unpaired) electrons. The summed E-state index contributed by atoms with van der Waals surface area (Å²) in [5.74, 6) is -2.43. The third-order valence-corrected chi connectivity index (χ3v) is 6.55. The maximum Gasteiger partial charge on any atom is 0.407 e. The number of fused-ring (bicyclic) bond motifs is 3. The van der Waals surface area contributed by atoms with Gasteiger partial charge in [0.05, 0.1) is 12.5 Å². The van der Waals surface area contributed by atoms with Crippen LogP contribution in [0.3, 0.4) is 0 Å². The van der Waals surface area contributed by atoms with Crippen molar-refractivity contribution in [3.05, 3.63) is 59.7 Å². The van der Waals surface area contributed by atoms with Gasteiger partial charge < -0.3 is 25.6 Å². The monoisotopic (exact) mass is 452 g/mol. The molecule has 4 N–H and O–H groups in total. The Balaban J connectivity index is 1.39. The molecule has 1 saturated carbocycles. The Morgan fingerprint density at radius 2 is 1.58 bits per heavy atom. The van der Waals surface area contributed by atoms with Gasteiger partial charge in [-0.25, -0.2) is 9.59 Å². The molecule has 8 nitrogen and oxygen atoms in total. The molecule has 0 unspecified atom stereocenters. The maximum absolute atomic E-state index is 12.6. The van der Waals surface area contributed by atoms with Crippen molar-refractivity contribution in [2.75, 3.05) is 13.2 Å². The smallest absolute Gasteiger partial charge is 0.407 e. The van der Waals surface area contributed by atoms with Gasteiger partial charge in [0, 0.05) is 12.0 Å². The quantitative estimate of drug-likeness (QED) is 0.512. The summed E-state index contributed by atoms with van der Waals surface area (Å²) in [7, 11) is 0. The lowest BCUT2D eigenvalue weighted by Crippen LogP contribution is -2.52. The Hall–Kier alpha value is -3.39. The van der Waals surface area contributed by atoms with E-state index in [9.17, 15) is 19.5 Å². The van der Waals surface area contributed by atoms with Crippen molar-refractivity contribution in [1.29, 1.82) is 0 Å². The zero-order valence-electron chi connectivity index (χ0n) is 18.2. The van der Waals surface area contributed by atoms with E-state index in [1.165, 1.54) is 0 Å². The number of rotatable bonds is 7. The van der Waals surface area contributed by atoms with Crippen molar-refractivity contribution in [2.24, 2.45) is 5.92 Å². The summed E-state index contributed by atoms with van der Waals surface area (Å²) in [6.45, 7) is -0.521. The fourth-order valence-electron chi connectivity index (χ4n) is 4.87. The molecule has 2 amide bonds. The second-order valence-corrected chi connectivity index (χ2v) is 8.55. The summed E-state index contributed by atoms with van der Waals surface area (Å²) in [4.78, 5) is 36.4. The number of nitrogens with one attached hydrogen (secondary N) is 2. The molecule has 0 aliphatic heterocycles. The minimum atomic E-state index is -1.37. The van der Waals surface area contributed by atoms with Gasteiger partial charge in [-0.2, -0.15) is 0 Å². The number of amides is 2. The number of aliphatic hydroxyl groups is 1. The van der Waals surface area contributed by atoms with Crippen molar-refractivity contribution in [2.45, 2.75) is 43.7 Å². The molecule has 0 heterocycles. The number of aliphatic hydroxyl groups excluding tert-OH is 1. The van der Waals surface area contributed by atoms with Crippen LogP contribution in [0, 0.1) is 5.92 Å². The van der Waals surface area contributed by atoms with Crippen LogP contribution < -0.4 is 10.6 Å². The van der Waals surface area contributed by atoms with Gasteiger partial charge in [0.1, 0.15) is 12.6 Å². The lowest BCUT2D eigenvalue weighted by atomic mass is 9.83. The number of carboxylic acids is 1. The van der Waals surface area contributed by atoms with Gasteiger partial charge in [-0.05, 0) is 35.1 Å². The van der Waals surface area contributed by atoms with Crippen LogP contribution in [0.25, 0.3) is 11.1 Å². The standard InChI is InChI=1S/C25H28N2O6/c28-13-22(24(30)31)26-23(29)19-11-5-6-12-21(19)27-25(32)33-14-20-17-9-3-1-7-15(17)16-8-2-4-10-18(16)20/h1-4,7-10,19-22,28H,5-6,11-14H2,(H,26,29)(H,27,32)(H,30,31)/t19-,21+,22-/m1/s1.